The maximum Gasteiger partial charge on any atom is 0.0581 e. The standard InChI is InChI=1S/C39H31N/c1-39(2)34-17-9-10-19-37(34)40-36-21-20-28(25-33(36)32-16-11-18-35(39)38(32)40)31-23-29(26-12-5-3-6-13-26)22-30(24-31)27-14-7-4-8-15-27/h3-8,10-16,18-25H,9,17H2,1-2H3. The van der Waals surface area contributed by atoms with Crippen LogP contribution in [0.15, 0.2) is 133 Å². The van der Waals surface area contributed by atoms with E-state index in [9.17, 15) is 0 Å². The Balaban J connectivity index is 1.38. The first kappa shape index (κ1) is 23.3. The lowest BCUT2D eigenvalue weighted by Gasteiger charge is -2.37. The first-order chi connectivity index (χ1) is 19.6. The highest BCUT2D eigenvalue weighted by Gasteiger charge is 2.36. The zero-order valence-electron chi connectivity index (χ0n) is 23.0. The third-order valence-electron chi connectivity index (χ3n) is 9.08. The molecule has 0 atom stereocenters. The van der Waals surface area contributed by atoms with E-state index in [0.717, 1.165) is 12.8 Å². The average Bonchev–Trinajstić information content (AvgIpc) is 3.35. The van der Waals surface area contributed by atoms with Crippen molar-refractivity contribution in [1.29, 1.82) is 0 Å². The predicted molar refractivity (Wildman–Crippen MR) is 170 cm³/mol. The van der Waals surface area contributed by atoms with Crippen LogP contribution < -0.4 is 0 Å². The van der Waals surface area contributed by atoms with E-state index < -0.39 is 0 Å². The quantitative estimate of drug-likeness (QED) is 0.222. The van der Waals surface area contributed by atoms with Gasteiger partial charge in [-0.05, 0) is 93.8 Å². The molecule has 0 spiro atoms. The number of nitrogens with zero attached hydrogens (tertiary/aromatic N) is 1. The van der Waals surface area contributed by atoms with E-state index in [4.69, 9.17) is 0 Å². The fourth-order valence-corrected chi connectivity index (χ4v) is 7.05. The molecule has 0 saturated carbocycles. The van der Waals surface area contributed by atoms with Crippen LogP contribution in [0.25, 0.3) is 60.9 Å². The van der Waals surface area contributed by atoms with Crippen molar-refractivity contribution in [3.8, 4) is 33.4 Å². The Hall–Kier alpha value is -4.62. The minimum Gasteiger partial charge on any atom is -0.309 e. The van der Waals surface area contributed by atoms with Crippen molar-refractivity contribution in [3.63, 3.8) is 0 Å². The zero-order valence-corrected chi connectivity index (χ0v) is 23.0. The van der Waals surface area contributed by atoms with Crippen LogP contribution in [0.2, 0.25) is 0 Å². The van der Waals surface area contributed by atoms with E-state index in [1.54, 1.807) is 5.57 Å². The summed E-state index contributed by atoms with van der Waals surface area (Å²) in [5.41, 5.74) is 14.5. The maximum atomic E-state index is 2.54. The third kappa shape index (κ3) is 3.41. The molecule has 0 unspecified atom stereocenters. The summed E-state index contributed by atoms with van der Waals surface area (Å²) >= 11 is 0. The second-order valence-corrected chi connectivity index (χ2v) is 11.7. The summed E-state index contributed by atoms with van der Waals surface area (Å²) in [4.78, 5) is 0. The van der Waals surface area contributed by atoms with E-state index >= 15 is 0 Å². The lowest BCUT2D eigenvalue weighted by molar-refractivity contribution is 0.585. The third-order valence-corrected chi connectivity index (χ3v) is 9.08. The monoisotopic (exact) mass is 513 g/mol. The molecule has 8 rings (SSSR count). The molecule has 1 aliphatic heterocycles. The van der Waals surface area contributed by atoms with Crippen LogP contribution in [-0.2, 0) is 5.41 Å². The van der Waals surface area contributed by atoms with Gasteiger partial charge < -0.3 is 4.57 Å². The molecule has 6 aromatic rings. The van der Waals surface area contributed by atoms with Crippen molar-refractivity contribution in [2.24, 2.45) is 0 Å². The SMILES string of the molecule is CC1(C)C2=C(C=CCC2)n2c3ccc(-c4cc(-c5ccccc5)cc(-c5ccccc5)c4)cc3c3cccc1c32. The van der Waals surface area contributed by atoms with Crippen LogP contribution >= 0.6 is 0 Å². The van der Waals surface area contributed by atoms with Crippen molar-refractivity contribution in [2.75, 3.05) is 0 Å². The minimum atomic E-state index is 0.0292. The first-order valence-electron chi connectivity index (χ1n) is 14.3. The number of fused-ring (bicyclic) bond motifs is 4. The van der Waals surface area contributed by atoms with Crippen LogP contribution in [0.1, 0.15) is 32.3 Å². The second kappa shape index (κ2) is 8.69. The van der Waals surface area contributed by atoms with Crippen LogP contribution in [0.5, 0.6) is 0 Å². The molecule has 0 bridgehead atoms. The molecule has 5 aromatic carbocycles. The lowest BCUT2D eigenvalue weighted by Crippen LogP contribution is -2.28. The van der Waals surface area contributed by atoms with E-state index in [-0.39, 0.29) is 5.41 Å². The molecule has 2 heterocycles. The number of hydrogen-bond acceptors (Lipinski definition) is 0. The van der Waals surface area contributed by atoms with Gasteiger partial charge >= 0.3 is 0 Å². The van der Waals surface area contributed by atoms with Gasteiger partial charge in [-0.2, -0.15) is 0 Å². The molecule has 40 heavy (non-hydrogen) atoms. The summed E-state index contributed by atoms with van der Waals surface area (Å²) in [5.74, 6) is 0. The van der Waals surface area contributed by atoms with Gasteiger partial charge in [-0.25, -0.2) is 0 Å². The number of para-hydroxylation sites is 1. The highest BCUT2D eigenvalue weighted by atomic mass is 15.0. The van der Waals surface area contributed by atoms with Crippen molar-refractivity contribution >= 4 is 27.5 Å². The molecule has 1 nitrogen and oxygen atoms in total. The normalized spacial score (nSPS) is 15.6. The molecule has 1 aromatic heterocycles. The number of aromatic nitrogens is 1. The van der Waals surface area contributed by atoms with Gasteiger partial charge in [-0.3, -0.25) is 0 Å². The van der Waals surface area contributed by atoms with Crippen LogP contribution in [0.4, 0.5) is 0 Å². The molecule has 1 aliphatic carbocycles. The molecular weight excluding hydrogens is 482 g/mol. The largest absolute Gasteiger partial charge is 0.309 e. The van der Waals surface area contributed by atoms with Gasteiger partial charge in [-0.15, -0.1) is 0 Å². The van der Waals surface area contributed by atoms with Gasteiger partial charge in [0.05, 0.1) is 11.0 Å². The molecule has 192 valence electrons. The Morgan fingerprint density at radius 2 is 1.23 bits per heavy atom. The Bertz CT molecular complexity index is 1940. The van der Waals surface area contributed by atoms with Gasteiger partial charge in [0.15, 0.2) is 0 Å². The molecule has 2 aliphatic rings. The number of hydrogen-bond donors (Lipinski definition) is 0. The molecule has 1 heteroatoms. The van der Waals surface area contributed by atoms with E-state index in [2.05, 4.69) is 146 Å². The van der Waals surface area contributed by atoms with Gasteiger partial charge in [-0.1, -0.05) is 105 Å². The Morgan fingerprint density at radius 1 is 0.575 bits per heavy atom. The molecule has 0 amide bonds. The molecular formula is C39H31N. The molecule has 0 N–H and O–H groups in total. The van der Waals surface area contributed by atoms with Crippen molar-refractivity contribution in [1.82, 2.24) is 4.57 Å². The highest BCUT2D eigenvalue weighted by molar-refractivity contribution is 6.14. The Labute approximate surface area is 235 Å². The minimum absolute atomic E-state index is 0.0292. The summed E-state index contributed by atoms with van der Waals surface area (Å²) in [6.07, 6.45) is 6.95. The Kier molecular flexibility index (Phi) is 5.06. The smallest absolute Gasteiger partial charge is 0.0581 e. The summed E-state index contributed by atoms with van der Waals surface area (Å²) in [6.45, 7) is 4.81. The summed E-state index contributed by atoms with van der Waals surface area (Å²) in [5, 5.41) is 2.67. The van der Waals surface area contributed by atoms with Crippen LogP contribution in [0.3, 0.4) is 0 Å². The van der Waals surface area contributed by atoms with E-state index in [1.807, 2.05) is 0 Å². The van der Waals surface area contributed by atoms with Crippen LogP contribution in [0, 0.1) is 0 Å². The van der Waals surface area contributed by atoms with E-state index in [0.29, 0.717) is 0 Å². The first-order valence-corrected chi connectivity index (χ1v) is 14.3. The topological polar surface area (TPSA) is 4.93 Å². The summed E-state index contributed by atoms with van der Waals surface area (Å²) in [7, 11) is 0. The predicted octanol–water partition coefficient (Wildman–Crippen LogP) is 10.6. The lowest BCUT2D eigenvalue weighted by atomic mass is 9.71. The van der Waals surface area contributed by atoms with E-state index in [1.165, 1.54) is 66.4 Å². The number of benzene rings is 5. The number of rotatable bonds is 3. The second-order valence-electron chi connectivity index (χ2n) is 11.7. The van der Waals surface area contributed by atoms with Crippen molar-refractivity contribution in [3.05, 3.63) is 139 Å². The average molecular weight is 514 g/mol. The fourth-order valence-electron chi connectivity index (χ4n) is 7.05. The molecule has 0 saturated heterocycles. The molecule has 0 fully saturated rings. The summed E-state index contributed by atoms with van der Waals surface area (Å²) in [6, 6.07) is 42.4. The Morgan fingerprint density at radius 3 is 1.90 bits per heavy atom. The highest BCUT2D eigenvalue weighted by Crippen LogP contribution is 2.50. The summed E-state index contributed by atoms with van der Waals surface area (Å²) < 4.78 is 2.54. The zero-order chi connectivity index (χ0) is 26.8. The fraction of sp³-hybridized carbons (Fsp3) is 0.128. The van der Waals surface area contributed by atoms with Gasteiger partial charge in [0.25, 0.3) is 0 Å². The number of allylic oxidation sites excluding steroid dienone is 4. The van der Waals surface area contributed by atoms with Gasteiger partial charge in [0, 0.05) is 21.9 Å². The van der Waals surface area contributed by atoms with Gasteiger partial charge in [0.1, 0.15) is 0 Å². The maximum absolute atomic E-state index is 2.54. The van der Waals surface area contributed by atoms with Crippen molar-refractivity contribution < 1.29 is 0 Å². The van der Waals surface area contributed by atoms with Crippen molar-refractivity contribution in [2.45, 2.75) is 32.1 Å². The molecule has 0 radical (unpaired) electrons. The van der Waals surface area contributed by atoms with Crippen LogP contribution in [-0.4, -0.2) is 4.57 Å². The van der Waals surface area contributed by atoms with Gasteiger partial charge in [0.2, 0.25) is 0 Å².